The third-order valence-electron chi connectivity index (χ3n) is 2.64. The van der Waals surface area contributed by atoms with Crippen LogP contribution in [-0.2, 0) is 14.8 Å². The van der Waals surface area contributed by atoms with Gasteiger partial charge in [0.25, 0.3) is 0 Å². The second kappa shape index (κ2) is 7.25. The summed E-state index contributed by atoms with van der Waals surface area (Å²) in [5.74, 6) is -0.0523. The fourth-order valence-corrected chi connectivity index (χ4v) is 2.33. The van der Waals surface area contributed by atoms with E-state index in [4.69, 9.17) is 0 Å². The highest BCUT2D eigenvalue weighted by Crippen LogP contribution is 2.20. The number of rotatable bonds is 7. The Morgan fingerprint density at radius 1 is 1.30 bits per heavy atom. The molecule has 0 radical (unpaired) electrons. The van der Waals surface area contributed by atoms with E-state index >= 15 is 0 Å². The van der Waals surface area contributed by atoms with Gasteiger partial charge in [-0.25, -0.2) is 8.42 Å². The number of benzene rings is 1. The Hall–Kier alpha value is -1.60. The minimum Gasteiger partial charge on any atom is -0.326 e. The van der Waals surface area contributed by atoms with Crippen LogP contribution in [0.4, 0.5) is 11.4 Å². The highest BCUT2D eigenvalue weighted by molar-refractivity contribution is 7.92. The standard InChI is InChI=1S/C13H21N3O3S/c1-10-9-11(15-13(17)5-4-8-14-2)6-7-12(10)16-20(3,18)19/h6-7,9,14,16H,4-5,8H2,1-3H3,(H,15,17). The number of amides is 1. The Balaban J connectivity index is 2.65. The molecule has 3 N–H and O–H groups in total. The molecule has 0 unspecified atom stereocenters. The van der Waals surface area contributed by atoms with Gasteiger partial charge in [-0.05, 0) is 50.7 Å². The van der Waals surface area contributed by atoms with Crippen molar-refractivity contribution < 1.29 is 13.2 Å². The lowest BCUT2D eigenvalue weighted by Gasteiger charge is -2.10. The summed E-state index contributed by atoms with van der Waals surface area (Å²) in [5, 5.41) is 5.77. The van der Waals surface area contributed by atoms with Crippen molar-refractivity contribution in [2.24, 2.45) is 0 Å². The first-order valence-electron chi connectivity index (χ1n) is 6.34. The molecule has 0 spiro atoms. The SMILES string of the molecule is CNCCCC(=O)Nc1ccc(NS(C)(=O)=O)c(C)c1. The van der Waals surface area contributed by atoms with Gasteiger partial charge in [-0.15, -0.1) is 0 Å². The van der Waals surface area contributed by atoms with Crippen molar-refractivity contribution in [3.63, 3.8) is 0 Å². The van der Waals surface area contributed by atoms with E-state index in [1.807, 2.05) is 7.05 Å². The molecule has 0 atom stereocenters. The maximum atomic E-state index is 11.7. The van der Waals surface area contributed by atoms with Gasteiger partial charge < -0.3 is 10.6 Å². The normalized spacial score (nSPS) is 11.2. The van der Waals surface area contributed by atoms with Crippen LogP contribution in [0, 0.1) is 6.92 Å². The molecule has 0 aromatic heterocycles. The summed E-state index contributed by atoms with van der Waals surface area (Å²) >= 11 is 0. The van der Waals surface area contributed by atoms with Crippen LogP contribution in [0.5, 0.6) is 0 Å². The van der Waals surface area contributed by atoms with Crippen LogP contribution in [-0.4, -0.2) is 34.2 Å². The van der Waals surface area contributed by atoms with Gasteiger partial charge in [-0.1, -0.05) is 0 Å². The van der Waals surface area contributed by atoms with E-state index < -0.39 is 10.0 Å². The van der Waals surface area contributed by atoms with Gasteiger partial charge >= 0.3 is 0 Å². The van der Waals surface area contributed by atoms with Crippen molar-refractivity contribution in [1.82, 2.24) is 5.32 Å². The third-order valence-corrected chi connectivity index (χ3v) is 3.23. The fraction of sp³-hybridized carbons (Fsp3) is 0.462. The maximum Gasteiger partial charge on any atom is 0.229 e. The number of hydrogen-bond donors (Lipinski definition) is 3. The van der Waals surface area contributed by atoms with E-state index in [0.717, 1.165) is 24.8 Å². The van der Waals surface area contributed by atoms with Crippen molar-refractivity contribution in [2.45, 2.75) is 19.8 Å². The largest absolute Gasteiger partial charge is 0.326 e. The van der Waals surface area contributed by atoms with Crippen molar-refractivity contribution in [3.8, 4) is 0 Å². The Labute approximate surface area is 120 Å². The third kappa shape index (κ3) is 6.03. The van der Waals surface area contributed by atoms with E-state index in [-0.39, 0.29) is 5.91 Å². The lowest BCUT2D eigenvalue weighted by molar-refractivity contribution is -0.116. The van der Waals surface area contributed by atoms with Gasteiger partial charge in [0.1, 0.15) is 0 Å². The van der Waals surface area contributed by atoms with Crippen LogP contribution < -0.4 is 15.4 Å². The number of sulfonamides is 1. The molecule has 0 aliphatic rings. The lowest BCUT2D eigenvalue weighted by Crippen LogP contribution is -2.15. The number of hydrogen-bond acceptors (Lipinski definition) is 4. The predicted octanol–water partition coefficient (Wildman–Crippen LogP) is 1.30. The summed E-state index contributed by atoms with van der Waals surface area (Å²) in [4.78, 5) is 11.7. The average Bonchev–Trinajstić information content (AvgIpc) is 2.31. The molecule has 0 bridgehead atoms. The van der Waals surface area contributed by atoms with Crippen molar-refractivity contribution in [3.05, 3.63) is 23.8 Å². The zero-order chi connectivity index (χ0) is 15.2. The molecule has 20 heavy (non-hydrogen) atoms. The molecule has 0 aliphatic heterocycles. The molecule has 0 aliphatic carbocycles. The molecule has 1 aromatic carbocycles. The summed E-state index contributed by atoms with van der Waals surface area (Å²) in [5.41, 5.74) is 1.93. The molecular weight excluding hydrogens is 278 g/mol. The molecule has 6 nitrogen and oxygen atoms in total. The summed E-state index contributed by atoms with van der Waals surface area (Å²) in [6.45, 7) is 2.58. The monoisotopic (exact) mass is 299 g/mol. The van der Waals surface area contributed by atoms with E-state index in [1.165, 1.54) is 0 Å². The van der Waals surface area contributed by atoms with Crippen LogP contribution in [0.2, 0.25) is 0 Å². The molecule has 7 heteroatoms. The number of carbonyl (C=O) groups is 1. The zero-order valence-corrected chi connectivity index (χ0v) is 12.8. The maximum absolute atomic E-state index is 11.7. The Morgan fingerprint density at radius 2 is 2.00 bits per heavy atom. The van der Waals surface area contributed by atoms with Crippen LogP contribution in [0.1, 0.15) is 18.4 Å². The topological polar surface area (TPSA) is 87.3 Å². The lowest BCUT2D eigenvalue weighted by atomic mass is 10.2. The smallest absolute Gasteiger partial charge is 0.229 e. The average molecular weight is 299 g/mol. The van der Waals surface area contributed by atoms with E-state index in [9.17, 15) is 13.2 Å². The van der Waals surface area contributed by atoms with Crippen LogP contribution >= 0.6 is 0 Å². The van der Waals surface area contributed by atoms with E-state index in [2.05, 4.69) is 15.4 Å². The highest BCUT2D eigenvalue weighted by Gasteiger charge is 2.07. The predicted molar refractivity (Wildman–Crippen MR) is 81.4 cm³/mol. The molecule has 0 saturated carbocycles. The van der Waals surface area contributed by atoms with Crippen molar-refractivity contribution in [1.29, 1.82) is 0 Å². The number of nitrogens with one attached hydrogen (secondary N) is 3. The Bertz CT molecular complexity index is 570. The quantitative estimate of drug-likeness (QED) is 0.662. The minimum absolute atomic E-state index is 0.0523. The summed E-state index contributed by atoms with van der Waals surface area (Å²) < 4.78 is 24.8. The summed E-state index contributed by atoms with van der Waals surface area (Å²) in [7, 11) is -1.45. The molecule has 1 amide bonds. The zero-order valence-electron chi connectivity index (χ0n) is 12.0. The van der Waals surface area contributed by atoms with Gasteiger partial charge in [-0.3, -0.25) is 9.52 Å². The first-order valence-corrected chi connectivity index (χ1v) is 8.24. The molecule has 112 valence electrons. The van der Waals surface area contributed by atoms with Gasteiger partial charge in [-0.2, -0.15) is 0 Å². The summed E-state index contributed by atoms with van der Waals surface area (Å²) in [6.07, 6.45) is 2.32. The first kappa shape index (κ1) is 16.5. The van der Waals surface area contributed by atoms with Crippen molar-refractivity contribution in [2.75, 3.05) is 29.9 Å². The second-order valence-electron chi connectivity index (χ2n) is 4.66. The van der Waals surface area contributed by atoms with Crippen LogP contribution in [0.3, 0.4) is 0 Å². The number of carbonyl (C=O) groups excluding carboxylic acids is 1. The Morgan fingerprint density at radius 3 is 2.55 bits per heavy atom. The fourth-order valence-electron chi connectivity index (χ4n) is 1.70. The first-order chi connectivity index (χ1) is 9.31. The number of aryl methyl sites for hydroxylation is 1. The molecule has 0 heterocycles. The molecule has 1 rings (SSSR count). The second-order valence-corrected chi connectivity index (χ2v) is 6.41. The van der Waals surface area contributed by atoms with Gasteiger partial charge in [0.05, 0.1) is 11.9 Å². The Kier molecular flexibility index (Phi) is 5.97. The van der Waals surface area contributed by atoms with Crippen LogP contribution in [0.25, 0.3) is 0 Å². The highest BCUT2D eigenvalue weighted by atomic mass is 32.2. The molecule has 0 saturated heterocycles. The van der Waals surface area contributed by atoms with Gasteiger partial charge in [0.2, 0.25) is 15.9 Å². The van der Waals surface area contributed by atoms with E-state index in [0.29, 0.717) is 17.8 Å². The molecule has 0 fully saturated rings. The number of anilines is 2. The van der Waals surface area contributed by atoms with E-state index in [1.54, 1.807) is 25.1 Å². The van der Waals surface area contributed by atoms with Crippen molar-refractivity contribution >= 4 is 27.3 Å². The minimum atomic E-state index is -3.29. The van der Waals surface area contributed by atoms with Crippen LogP contribution in [0.15, 0.2) is 18.2 Å². The van der Waals surface area contributed by atoms with Gasteiger partial charge in [0, 0.05) is 12.1 Å². The molecular formula is C13H21N3O3S. The van der Waals surface area contributed by atoms with Gasteiger partial charge in [0.15, 0.2) is 0 Å². The summed E-state index contributed by atoms with van der Waals surface area (Å²) in [6, 6.07) is 5.06. The molecule has 1 aromatic rings.